The Balaban J connectivity index is 1.20. The van der Waals surface area contributed by atoms with Gasteiger partial charge in [-0.05, 0) is 67.5 Å². The first-order chi connectivity index (χ1) is 20.9. The van der Waals surface area contributed by atoms with Gasteiger partial charge in [-0.1, -0.05) is 25.1 Å². The number of benzene rings is 3. The third-order valence-electron chi connectivity index (χ3n) is 7.91. The summed E-state index contributed by atoms with van der Waals surface area (Å²) in [4.78, 5) is 23.5. The first kappa shape index (κ1) is 28.3. The Morgan fingerprint density at radius 2 is 1.95 bits per heavy atom. The normalized spacial score (nSPS) is 14.6. The lowest BCUT2D eigenvalue weighted by molar-refractivity contribution is 0.0697. The number of pyridine rings is 1. The third-order valence-corrected chi connectivity index (χ3v) is 7.91. The molecule has 1 saturated heterocycles. The van der Waals surface area contributed by atoms with Gasteiger partial charge in [0.1, 0.15) is 18.2 Å². The predicted octanol–water partition coefficient (Wildman–Crippen LogP) is 5.26. The highest BCUT2D eigenvalue weighted by atomic mass is 19.1. The zero-order valence-electron chi connectivity index (χ0n) is 23.8. The molecular weight excluding hydrogens is 547 g/mol. The lowest BCUT2D eigenvalue weighted by Crippen LogP contribution is -2.45. The predicted molar refractivity (Wildman–Crippen MR) is 160 cm³/mol. The van der Waals surface area contributed by atoms with Crippen molar-refractivity contribution in [3.8, 4) is 11.9 Å². The van der Waals surface area contributed by atoms with Gasteiger partial charge < -0.3 is 19.7 Å². The SMILES string of the molecule is CCN(Cc1ccc2ccc(OCc3ccc(C#N)cc3F)nc2c1)Cc1nc2ccc(C(=O)O)cc2n1CC1CCN1. The zero-order chi connectivity index (χ0) is 29.9. The van der Waals surface area contributed by atoms with Crippen molar-refractivity contribution in [3.63, 3.8) is 0 Å². The van der Waals surface area contributed by atoms with E-state index in [-0.39, 0.29) is 17.7 Å². The van der Waals surface area contributed by atoms with E-state index in [1.54, 1.807) is 36.4 Å². The quantitative estimate of drug-likeness (QED) is 0.218. The summed E-state index contributed by atoms with van der Waals surface area (Å²) in [5, 5.41) is 22.9. The van der Waals surface area contributed by atoms with Gasteiger partial charge >= 0.3 is 5.97 Å². The molecule has 3 aromatic carbocycles. The fourth-order valence-electron chi connectivity index (χ4n) is 5.30. The molecule has 0 spiro atoms. The summed E-state index contributed by atoms with van der Waals surface area (Å²) in [5.41, 5.74) is 4.35. The van der Waals surface area contributed by atoms with Gasteiger partial charge in [0.05, 0.1) is 40.3 Å². The first-order valence-electron chi connectivity index (χ1n) is 14.3. The molecule has 218 valence electrons. The fourth-order valence-corrected chi connectivity index (χ4v) is 5.30. The van der Waals surface area contributed by atoms with Crippen LogP contribution in [0.15, 0.2) is 66.7 Å². The van der Waals surface area contributed by atoms with E-state index >= 15 is 0 Å². The average Bonchev–Trinajstić information content (AvgIpc) is 3.33. The van der Waals surface area contributed by atoms with Crippen LogP contribution in [0.1, 0.15) is 46.2 Å². The molecule has 1 aliphatic rings. The van der Waals surface area contributed by atoms with E-state index in [9.17, 15) is 14.3 Å². The number of hydrogen-bond donors (Lipinski definition) is 2. The fraction of sp³-hybridized carbons (Fsp3) is 0.273. The molecule has 3 heterocycles. The summed E-state index contributed by atoms with van der Waals surface area (Å²) in [7, 11) is 0. The van der Waals surface area contributed by atoms with Crippen LogP contribution in [0.3, 0.4) is 0 Å². The lowest BCUT2D eigenvalue weighted by atomic mass is 10.1. The second-order valence-corrected chi connectivity index (χ2v) is 10.8. The smallest absolute Gasteiger partial charge is 0.335 e. The number of nitrogens with one attached hydrogen (secondary N) is 1. The molecule has 2 N–H and O–H groups in total. The van der Waals surface area contributed by atoms with E-state index in [1.165, 1.54) is 6.07 Å². The van der Waals surface area contributed by atoms with E-state index in [4.69, 9.17) is 15.0 Å². The van der Waals surface area contributed by atoms with Crippen molar-refractivity contribution in [2.45, 2.75) is 45.6 Å². The van der Waals surface area contributed by atoms with Crippen LogP contribution in [0.4, 0.5) is 4.39 Å². The summed E-state index contributed by atoms with van der Waals surface area (Å²) in [6, 6.07) is 21.5. The van der Waals surface area contributed by atoms with E-state index in [0.29, 0.717) is 30.6 Å². The van der Waals surface area contributed by atoms with Gasteiger partial charge in [0.2, 0.25) is 5.88 Å². The molecule has 1 fully saturated rings. The maximum atomic E-state index is 14.3. The molecule has 0 bridgehead atoms. The second kappa shape index (κ2) is 12.2. The summed E-state index contributed by atoms with van der Waals surface area (Å²) >= 11 is 0. The Morgan fingerprint density at radius 3 is 2.67 bits per heavy atom. The van der Waals surface area contributed by atoms with Gasteiger partial charge in [0.15, 0.2) is 0 Å². The summed E-state index contributed by atoms with van der Waals surface area (Å²) in [6.45, 7) is 5.90. The van der Waals surface area contributed by atoms with Crippen LogP contribution in [0.5, 0.6) is 5.88 Å². The van der Waals surface area contributed by atoms with E-state index in [1.807, 2.05) is 24.3 Å². The highest BCUT2D eigenvalue weighted by molar-refractivity contribution is 5.92. The number of halogens is 1. The topological polar surface area (TPSA) is 116 Å². The van der Waals surface area contributed by atoms with Crippen molar-refractivity contribution < 1.29 is 19.0 Å². The van der Waals surface area contributed by atoms with Gasteiger partial charge in [-0.3, -0.25) is 4.90 Å². The number of carboxylic acid groups (broad SMARTS) is 1. The summed E-state index contributed by atoms with van der Waals surface area (Å²) < 4.78 is 22.2. The summed E-state index contributed by atoms with van der Waals surface area (Å²) in [6.07, 6.45) is 1.08. The lowest BCUT2D eigenvalue weighted by Gasteiger charge is -2.29. The number of fused-ring (bicyclic) bond motifs is 2. The minimum Gasteiger partial charge on any atom is -0.478 e. The van der Waals surface area contributed by atoms with Crippen molar-refractivity contribution in [2.75, 3.05) is 13.1 Å². The van der Waals surface area contributed by atoms with Crippen molar-refractivity contribution >= 4 is 27.9 Å². The number of nitriles is 1. The van der Waals surface area contributed by atoms with Crippen LogP contribution >= 0.6 is 0 Å². The average molecular weight is 579 g/mol. The molecule has 0 saturated carbocycles. The van der Waals surface area contributed by atoms with Crippen molar-refractivity contribution in [1.82, 2.24) is 24.8 Å². The van der Waals surface area contributed by atoms with Gasteiger partial charge in [0, 0.05) is 36.1 Å². The Labute approximate surface area is 248 Å². The number of ether oxygens (including phenoxy) is 1. The second-order valence-electron chi connectivity index (χ2n) is 10.8. The number of rotatable bonds is 11. The number of imidazole rings is 1. The maximum absolute atomic E-state index is 14.3. The monoisotopic (exact) mass is 578 g/mol. The van der Waals surface area contributed by atoms with Gasteiger partial charge in [-0.25, -0.2) is 19.2 Å². The minimum absolute atomic E-state index is 0.00465. The minimum atomic E-state index is -0.951. The van der Waals surface area contributed by atoms with Crippen molar-refractivity contribution in [3.05, 3.63) is 101 Å². The van der Waals surface area contributed by atoms with Crippen LogP contribution in [0.2, 0.25) is 0 Å². The Kier molecular flexibility index (Phi) is 8.01. The molecule has 6 rings (SSSR count). The maximum Gasteiger partial charge on any atom is 0.335 e. The molecule has 0 aliphatic carbocycles. The molecule has 1 atom stereocenters. The molecule has 5 aromatic rings. The number of carboxylic acids is 1. The third kappa shape index (κ3) is 6.18. The largest absolute Gasteiger partial charge is 0.478 e. The van der Waals surface area contributed by atoms with Gasteiger partial charge in [-0.15, -0.1) is 0 Å². The molecular formula is C33H31FN6O3. The highest BCUT2D eigenvalue weighted by Gasteiger charge is 2.22. The molecule has 9 nitrogen and oxygen atoms in total. The van der Waals surface area contributed by atoms with E-state index < -0.39 is 11.8 Å². The standard InChI is InChI=1S/C33H31FN6O3/c1-2-39(19-31-37-28-9-7-24(33(41)42)15-30(28)40(31)18-26-11-12-36-26)17-22-4-5-23-8-10-32(38-29(23)14-22)43-20-25-6-3-21(16-35)13-27(25)34/h3-10,13-15,26,36H,2,11-12,17-20H2,1H3,(H,41,42). The van der Waals surface area contributed by atoms with Gasteiger partial charge in [-0.2, -0.15) is 5.26 Å². The molecule has 2 aromatic heterocycles. The van der Waals surface area contributed by atoms with E-state index in [0.717, 1.165) is 59.4 Å². The van der Waals surface area contributed by atoms with Crippen molar-refractivity contribution in [1.29, 1.82) is 5.26 Å². The number of aromatic carboxylic acids is 1. The number of hydrogen-bond acceptors (Lipinski definition) is 7. The molecule has 43 heavy (non-hydrogen) atoms. The Morgan fingerprint density at radius 1 is 1.12 bits per heavy atom. The number of nitrogens with zero attached hydrogens (tertiary/aromatic N) is 5. The van der Waals surface area contributed by atoms with Crippen molar-refractivity contribution in [2.24, 2.45) is 0 Å². The molecule has 0 amide bonds. The van der Waals surface area contributed by atoms with Crippen LogP contribution in [0, 0.1) is 17.1 Å². The first-order valence-corrected chi connectivity index (χ1v) is 14.3. The van der Waals surface area contributed by atoms with Crippen LogP contribution in [0.25, 0.3) is 21.9 Å². The Hall–Kier alpha value is -4.85. The van der Waals surface area contributed by atoms with Crippen LogP contribution in [-0.4, -0.2) is 49.6 Å². The van der Waals surface area contributed by atoms with Crippen LogP contribution < -0.4 is 10.1 Å². The molecule has 0 radical (unpaired) electrons. The molecule has 1 aliphatic heterocycles. The molecule has 10 heteroatoms. The number of carbonyl (C=O) groups is 1. The van der Waals surface area contributed by atoms with Crippen LogP contribution in [-0.2, 0) is 26.2 Å². The molecule has 1 unspecified atom stereocenters. The Bertz CT molecular complexity index is 1860. The highest BCUT2D eigenvalue weighted by Crippen LogP contribution is 2.24. The summed E-state index contributed by atoms with van der Waals surface area (Å²) in [5.74, 6) is -0.146. The van der Waals surface area contributed by atoms with Gasteiger partial charge in [0.25, 0.3) is 0 Å². The van der Waals surface area contributed by atoms with E-state index in [2.05, 4.69) is 32.8 Å². The number of aromatic nitrogens is 3. The zero-order valence-corrected chi connectivity index (χ0v) is 23.8.